The molecule has 1 fully saturated rings. The summed E-state index contributed by atoms with van der Waals surface area (Å²) in [6.45, 7) is 1.43. The van der Waals surface area contributed by atoms with Gasteiger partial charge in [0.25, 0.3) is 0 Å². The van der Waals surface area contributed by atoms with E-state index in [1.54, 1.807) is 24.3 Å². The summed E-state index contributed by atoms with van der Waals surface area (Å²) in [5.74, 6) is -0.284. The second-order valence-corrected chi connectivity index (χ2v) is 7.29. The average molecular weight is 385 g/mol. The summed E-state index contributed by atoms with van der Waals surface area (Å²) in [4.78, 5) is 23.5. The number of amides is 2. The van der Waals surface area contributed by atoms with Crippen LogP contribution in [0.3, 0.4) is 0 Å². The maximum absolute atomic E-state index is 12.3. The van der Waals surface area contributed by atoms with Crippen molar-refractivity contribution in [2.45, 2.75) is 43.3 Å². The molecule has 1 saturated carbocycles. The van der Waals surface area contributed by atoms with Crippen LogP contribution in [0.2, 0.25) is 0 Å². The van der Waals surface area contributed by atoms with Gasteiger partial charge in [0.05, 0.1) is 17.5 Å². The number of tetrazole rings is 1. The molecule has 0 aliphatic heterocycles. The number of anilines is 1. The molecule has 140 valence electrons. The molecule has 3 rings (SSSR count). The van der Waals surface area contributed by atoms with E-state index in [9.17, 15) is 14.9 Å². The number of nitriles is 1. The lowest BCUT2D eigenvalue weighted by Gasteiger charge is -2.21. The van der Waals surface area contributed by atoms with E-state index in [-0.39, 0.29) is 17.6 Å². The fourth-order valence-corrected chi connectivity index (χ4v) is 3.72. The van der Waals surface area contributed by atoms with Gasteiger partial charge in [0.15, 0.2) is 0 Å². The molecule has 0 saturated heterocycles. The fourth-order valence-electron chi connectivity index (χ4n) is 3.03. The van der Waals surface area contributed by atoms with Crippen molar-refractivity contribution in [2.75, 3.05) is 11.1 Å². The van der Waals surface area contributed by atoms with Crippen molar-refractivity contribution in [2.24, 2.45) is 0 Å². The smallest absolute Gasteiger partial charge is 0.231 e. The summed E-state index contributed by atoms with van der Waals surface area (Å²) in [5, 5.41) is 26.9. The van der Waals surface area contributed by atoms with Gasteiger partial charge in [-0.05, 0) is 54.3 Å². The van der Waals surface area contributed by atoms with E-state index >= 15 is 0 Å². The molecule has 1 aromatic carbocycles. The van der Waals surface area contributed by atoms with Crippen LogP contribution < -0.4 is 10.6 Å². The van der Waals surface area contributed by atoms with E-state index in [1.165, 1.54) is 23.4 Å². The zero-order chi connectivity index (χ0) is 19.3. The number of aromatic nitrogens is 4. The van der Waals surface area contributed by atoms with Gasteiger partial charge in [-0.3, -0.25) is 9.59 Å². The van der Waals surface area contributed by atoms with E-state index in [0.29, 0.717) is 29.4 Å². The van der Waals surface area contributed by atoms with Crippen LogP contribution >= 0.6 is 11.8 Å². The molecule has 0 atom stereocenters. The number of carbonyl (C=O) groups excluding carboxylic acids is 2. The Labute approximate surface area is 160 Å². The third-order valence-electron chi connectivity index (χ3n) is 4.23. The Bertz CT molecular complexity index is 883. The third-order valence-corrected chi connectivity index (χ3v) is 5.15. The summed E-state index contributed by atoms with van der Waals surface area (Å²) in [5.41, 5.74) is 0.552. The van der Waals surface area contributed by atoms with E-state index < -0.39 is 5.54 Å². The minimum atomic E-state index is -0.740. The summed E-state index contributed by atoms with van der Waals surface area (Å²) in [7, 11) is 0. The van der Waals surface area contributed by atoms with E-state index in [0.717, 1.165) is 12.8 Å². The Morgan fingerprint density at radius 2 is 2.15 bits per heavy atom. The predicted octanol–water partition coefficient (Wildman–Crippen LogP) is 1.67. The van der Waals surface area contributed by atoms with Crippen LogP contribution in [-0.4, -0.2) is 43.3 Å². The van der Waals surface area contributed by atoms with Gasteiger partial charge in [-0.25, -0.2) is 0 Å². The number of thioether (sulfide) groups is 1. The van der Waals surface area contributed by atoms with Crippen molar-refractivity contribution in [3.8, 4) is 11.8 Å². The number of carbonyl (C=O) groups is 2. The van der Waals surface area contributed by atoms with Crippen LogP contribution in [-0.2, 0) is 9.59 Å². The van der Waals surface area contributed by atoms with Crippen molar-refractivity contribution in [3.63, 3.8) is 0 Å². The third kappa shape index (κ3) is 4.62. The van der Waals surface area contributed by atoms with Crippen LogP contribution in [0.1, 0.15) is 32.6 Å². The molecule has 0 spiro atoms. The van der Waals surface area contributed by atoms with Gasteiger partial charge in [-0.2, -0.15) is 9.94 Å². The Balaban J connectivity index is 1.66. The van der Waals surface area contributed by atoms with Crippen molar-refractivity contribution in [1.29, 1.82) is 5.26 Å². The van der Waals surface area contributed by atoms with Gasteiger partial charge in [0.2, 0.25) is 17.0 Å². The summed E-state index contributed by atoms with van der Waals surface area (Å²) < 4.78 is 1.50. The minimum absolute atomic E-state index is 0.106. The highest BCUT2D eigenvalue weighted by Gasteiger charge is 2.35. The van der Waals surface area contributed by atoms with Crippen molar-refractivity contribution in [3.05, 3.63) is 24.3 Å². The highest BCUT2D eigenvalue weighted by molar-refractivity contribution is 7.99. The highest BCUT2D eigenvalue weighted by Crippen LogP contribution is 2.29. The monoisotopic (exact) mass is 385 g/mol. The average Bonchev–Trinajstić information content (AvgIpc) is 3.29. The molecule has 1 aliphatic carbocycles. The van der Waals surface area contributed by atoms with Crippen LogP contribution in [0.25, 0.3) is 5.69 Å². The van der Waals surface area contributed by atoms with Crippen LogP contribution in [0, 0.1) is 11.3 Å². The largest absolute Gasteiger partial charge is 0.337 e. The first-order valence-electron chi connectivity index (χ1n) is 8.53. The normalized spacial score (nSPS) is 15.1. The lowest BCUT2D eigenvalue weighted by molar-refractivity contribution is -0.120. The maximum Gasteiger partial charge on any atom is 0.231 e. The summed E-state index contributed by atoms with van der Waals surface area (Å²) in [6.07, 6.45) is 3.27. The zero-order valence-corrected chi connectivity index (χ0v) is 15.6. The SMILES string of the molecule is CC(=O)Nc1cccc(-n2nnnc2SCC(=O)NC2(C#N)CCCC2)c1. The lowest BCUT2D eigenvalue weighted by Crippen LogP contribution is -2.45. The van der Waals surface area contributed by atoms with Crippen molar-refractivity contribution >= 4 is 29.3 Å². The number of hydrogen-bond acceptors (Lipinski definition) is 7. The predicted molar refractivity (Wildman–Crippen MR) is 99.1 cm³/mol. The Morgan fingerprint density at radius 1 is 1.37 bits per heavy atom. The molecule has 2 amide bonds. The van der Waals surface area contributed by atoms with Gasteiger partial charge in [0.1, 0.15) is 5.54 Å². The summed E-state index contributed by atoms with van der Waals surface area (Å²) >= 11 is 1.19. The summed E-state index contributed by atoms with van der Waals surface area (Å²) in [6, 6.07) is 9.32. The number of rotatable bonds is 6. The van der Waals surface area contributed by atoms with Crippen molar-refractivity contribution in [1.82, 2.24) is 25.5 Å². The van der Waals surface area contributed by atoms with Crippen LogP contribution in [0.15, 0.2) is 29.4 Å². The van der Waals surface area contributed by atoms with E-state index in [1.807, 2.05) is 0 Å². The molecule has 2 aromatic rings. The Hall–Kier alpha value is -2.93. The number of nitrogens with one attached hydrogen (secondary N) is 2. The molecule has 0 unspecified atom stereocenters. The van der Waals surface area contributed by atoms with E-state index in [2.05, 4.69) is 32.2 Å². The molecule has 1 heterocycles. The second-order valence-electron chi connectivity index (χ2n) is 6.34. The van der Waals surface area contributed by atoms with Gasteiger partial charge in [0, 0.05) is 12.6 Å². The Morgan fingerprint density at radius 3 is 2.85 bits per heavy atom. The molecule has 10 heteroatoms. The molecule has 2 N–H and O–H groups in total. The zero-order valence-electron chi connectivity index (χ0n) is 14.8. The number of nitrogens with zero attached hydrogens (tertiary/aromatic N) is 5. The first-order chi connectivity index (χ1) is 13.0. The fraction of sp³-hybridized carbons (Fsp3) is 0.412. The molecule has 0 bridgehead atoms. The molecule has 27 heavy (non-hydrogen) atoms. The lowest BCUT2D eigenvalue weighted by atomic mass is 10.0. The standard InChI is InChI=1S/C17H19N7O2S/c1-12(25)19-13-5-4-6-14(9-13)24-16(21-22-23-24)27-10-15(26)20-17(11-18)7-2-3-8-17/h4-6,9H,2-3,7-8,10H2,1H3,(H,19,25)(H,20,26). The quantitative estimate of drug-likeness (QED) is 0.724. The molecule has 1 aromatic heterocycles. The van der Waals surface area contributed by atoms with Gasteiger partial charge >= 0.3 is 0 Å². The van der Waals surface area contributed by atoms with Gasteiger partial charge in [-0.1, -0.05) is 17.8 Å². The van der Waals surface area contributed by atoms with Gasteiger partial charge in [-0.15, -0.1) is 5.10 Å². The Kier molecular flexibility index (Phi) is 5.71. The minimum Gasteiger partial charge on any atom is -0.337 e. The number of hydrogen-bond donors (Lipinski definition) is 2. The molecule has 1 aliphatic rings. The molecule has 0 radical (unpaired) electrons. The van der Waals surface area contributed by atoms with Crippen molar-refractivity contribution < 1.29 is 9.59 Å². The van der Waals surface area contributed by atoms with Gasteiger partial charge < -0.3 is 10.6 Å². The highest BCUT2D eigenvalue weighted by atomic mass is 32.2. The van der Waals surface area contributed by atoms with E-state index in [4.69, 9.17) is 0 Å². The topological polar surface area (TPSA) is 126 Å². The van der Waals surface area contributed by atoms with Crippen LogP contribution in [0.4, 0.5) is 5.69 Å². The second kappa shape index (κ2) is 8.18. The first kappa shape index (κ1) is 18.8. The van der Waals surface area contributed by atoms with Crippen LogP contribution in [0.5, 0.6) is 0 Å². The molecular weight excluding hydrogens is 366 g/mol. The molecular formula is C17H19N7O2S. The number of benzene rings is 1. The molecule has 9 nitrogen and oxygen atoms in total. The first-order valence-corrected chi connectivity index (χ1v) is 9.51. The maximum atomic E-state index is 12.3.